The molecule has 1 aliphatic heterocycles. The predicted octanol–water partition coefficient (Wildman–Crippen LogP) is 2.56. The Morgan fingerprint density at radius 1 is 1.08 bits per heavy atom. The summed E-state index contributed by atoms with van der Waals surface area (Å²) in [6.07, 6.45) is 0. The zero-order valence-corrected chi connectivity index (χ0v) is 13.2. The van der Waals surface area contributed by atoms with Crippen molar-refractivity contribution in [3.05, 3.63) is 53.6 Å². The van der Waals surface area contributed by atoms with Gasteiger partial charge in [-0.25, -0.2) is 4.79 Å². The fourth-order valence-corrected chi connectivity index (χ4v) is 2.30. The Bertz CT molecular complexity index is 772. The first-order valence-electron chi connectivity index (χ1n) is 7.55. The third-order valence-electron chi connectivity index (χ3n) is 3.41. The average molecular weight is 327 g/mol. The number of hydrogen-bond acceptors (Lipinski definition) is 5. The maximum atomic E-state index is 12.0. The molecule has 0 unspecified atom stereocenters. The number of carbonyl (C=O) groups excluding carboxylic acids is 2. The Labute approximate surface area is 139 Å². The molecule has 0 saturated carbocycles. The first-order valence-corrected chi connectivity index (χ1v) is 7.55. The second kappa shape index (κ2) is 7.04. The number of benzene rings is 2. The normalized spacial score (nSPS) is 12.4. The summed E-state index contributed by atoms with van der Waals surface area (Å²) in [4.78, 5) is 23.9. The second-order valence-electron chi connectivity index (χ2n) is 5.35. The summed E-state index contributed by atoms with van der Waals surface area (Å²) < 4.78 is 15.8. The number of nitrogens with one attached hydrogen (secondary N) is 1. The van der Waals surface area contributed by atoms with Gasteiger partial charge in [0.25, 0.3) is 5.91 Å². The SMILES string of the molecule is Cc1cccc(NC(=O)COC(=O)c2ccc3c(c2)OCCO3)c1. The van der Waals surface area contributed by atoms with Crippen molar-refractivity contribution in [1.29, 1.82) is 0 Å². The van der Waals surface area contributed by atoms with Gasteiger partial charge in [-0.2, -0.15) is 0 Å². The number of anilines is 1. The third kappa shape index (κ3) is 3.84. The van der Waals surface area contributed by atoms with Crippen molar-refractivity contribution in [3.63, 3.8) is 0 Å². The summed E-state index contributed by atoms with van der Waals surface area (Å²) in [5.41, 5.74) is 2.00. The monoisotopic (exact) mass is 327 g/mol. The lowest BCUT2D eigenvalue weighted by Crippen LogP contribution is -2.21. The van der Waals surface area contributed by atoms with Crippen molar-refractivity contribution < 1.29 is 23.8 Å². The van der Waals surface area contributed by atoms with Crippen LogP contribution in [-0.2, 0) is 9.53 Å². The third-order valence-corrected chi connectivity index (χ3v) is 3.41. The van der Waals surface area contributed by atoms with Crippen LogP contribution in [0.5, 0.6) is 11.5 Å². The molecule has 1 amide bonds. The lowest BCUT2D eigenvalue weighted by molar-refractivity contribution is -0.119. The molecule has 0 spiro atoms. The van der Waals surface area contributed by atoms with Crippen LogP contribution in [0.3, 0.4) is 0 Å². The summed E-state index contributed by atoms with van der Waals surface area (Å²) in [5, 5.41) is 2.68. The van der Waals surface area contributed by atoms with Gasteiger partial charge in [0.15, 0.2) is 18.1 Å². The molecule has 1 heterocycles. The Kier molecular flexibility index (Phi) is 4.65. The fourth-order valence-electron chi connectivity index (χ4n) is 2.30. The van der Waals surface area contributed by atoms with Crippen LogP contribution in [0.25, 0.3) is 0 Å². The molecule has 0 atom stereocenters. The van der Waals surface area contributed by atoms with Gasteiger partial charge < -0.3 is 19.5 Å². The molecule has 1 N–H and O–H groups in total. The van der Waals surface area contributed by atoms with Crippen LogP contribution in [0, 0.1) is 6.92 Å². The fraction of sp³-hybridized carbons (Fsp3) is 0.222. The van der Waals surface area contributed by atoms with Crippen molar-refractivity contribution >= 4 is 17.6 Å². The molecule has 0 aromatic heterocycles. The van der Waals surface area contributed by atoms with Crippen LogP contribution in [0.1, 0.15) is 15.9 Å². The predicted molar refractivity (Wildman–Crippen MR) is 87.5 cm³/mol. The van der Waals surface area contributed by atoms with E-state index in [0.29, 0.717) is 36.0 Å². The van der Waals surface area contributed by atoms with E-state index in [0.717, 1.165) is 5.56 Å². The summed E-state index contributed by atoms with van der Waals surface area (Å²) in [7, 11) is 0. The summed E-state index contributed by atoms with van der Waals surface area (Å²) in [6.45, 7) is 2.49. The first kappa shape index (κ1) is 15.9. The Morgan fingerprint density at radius 2 is 1.88 bits per heavy atom. The number of rotatable bonds is 4. The minimum atomic E-state index is -0.591. The zero-order valence-electron chi connectivity index (χ0n) is 13.2. The van der Waals surface area contributed by atoms with Crippen LogP contribution in [-0.4, -0.2) is 31.7 Å². The molecule has 0 aliphatic carbocycles. The molecule has 124 valence electrons. The highest BCUT2D eigenvalue weighted by molar-refractivity contribution is 5.95. The Hall–Kier alpha value is -3.02. The molecule has 0 saturated heterocycles. The number of amides is 1. The van der Waals surface area contributed by atoms with Crippen LogP contribution < -0.4 is 14.8 Å². The molecule has 0 bridgehead atoms. The first-order chi connectivity index (χ1) is 11.6. The molecule has 2 aromatic rings. The summed E-state index contributed by atoms with van der Waals surface area (Å²) >= 11 is 0. The van der Waals surface area contributed by atoms with E-state index in [4.69, 9.17) is 14.2 Å². The van der Waals surface area contributed by atoms with Gasteiger partial charge >= 0.3 is 5.97 Å². The number of esters is 1. The van der Waals surface area contributed by atoms with Gasteiger partial charge in [-0.1, -0.05) is 12.1 Å². The highest BCUT2D eigenvalue weighted by atomic mass is 16.6. The lowest BCUT2D eigenvalue weighted by atomic mass is 10.2. The van der Waals surface area contributed by atoms with Gasteiger partial charge in [0.2, 0.25) is 0 Å². The second-order valence-corrected chi connectivity index (χ2v) is 5.35. The standard InChI is InChI=1S/C18H17NO5/c1-12-3-2-4-14(9-12)19-17(20)11-24-18(21)13-5-6-15-16(10-13)23-8-7-22-15/h2-6,9-10H,7-8,11H2,1H3,(H,19,20). The van der Waals surface area contributed by atoms with E-state index >= 15 is 0 Å². The van der Waals surface area contributed by atoms with Crippen molar-refractivity contribution in [3.8, 4) is 11.5 Å². The van der Waals surface area contributed by atoms with Gasteiger partial charge in [0.05, 0.1) is 5.56 Å². The van der Waals surface area contributed by atoms with E-state index in [1.54, 1.807) is 24.3 Å². The number of hydrogen-bond donors (Lipinski definition) is 1. The average Bonchev–Trinajstić information content (AvgIpc) is 2.59. The molecule has 3 rings (SSSR count). The minimum absolute atomic E-state index is 0.308. The topological polar surface area (TPSA) is 73.9 Å². The van der Waals surface area contributed by atoms with Crippen molar-refractivity contribution in [2.75, 3.05) is 25.1 Å². The number of fused-ring (bicyclic) bond motifs is 1. The Morgan fingerprint density at radius 3 is 2.67 bits per heavy atom. The number of ether oxygens (including phenoxy) is 3. The molecular weight excluding hydrogens is 310 g/mol. The van der Waals surface area contributed by atoms with Crippen molar-refractivity contribution in [1.82, 2.24) is 0 Å². The molecule has 0 fully saturated rings. The van der Waals surface area contributed by atoms with Crippen molar-refractivity contribution in [2.45, 2.75) is 6.92 Å². The number of aryl methyl sites for hydroxylation is 1. The van der Waals surface area contributed by atoms with Crippen LogP contribution in [0.4, 0.5) is 5.69 Å². The maximum absolute atomic E-state index is 12.0. The molecule has 24 heavy (non-hydrogen) atoms. The smallest absolute Gasteiger partial charge is 0.338 e. The van der Waals surface area contributed by atoms with E-state index in [-0.39, 0.29) is 6.61 Å². The van der Waals surface area contributed by atoms with Crippen molar-refractivity contribution in [2.24, 2.45) is 0 Å². The highest BCUT2D eigenvalue weighted by Crippen LogP contribution is 2.30. The largest absolute Gasteiger partial charge is 0.486 e. The maximum Gasteiger partial charge on any atom is 0.338 e. The lowest BCUT2D eigenvalue weighted by Gasteiger charge is -2.18. The molecular formula is C18H17NO5. The van der Waals surface area contributed by atoms with E-state index < -0.39 is 11.9 Å². The molecule has 2 aromatic carbocycles. The van der Waals surface area contributed by atoms with Crippen LogP contribution in [0.2, 0.25) is 0 Å². The summed E-state index contributed by atoms with van der Waals surface area (Å²) in [6, 6.07) is 12.2. The van der Waals surface area contributed by atoms with E-state index in [9.17, 15) is 9.59 Å². The molecule has 6 nitrogen and oxygen atoms in total. The van der Waals surface area contributed by atoms with Gasteiger partial charge in [-0.3, -0.25) is 4.79 Å². The van der Waals surface area contributed by atoms with Gasteiger partial charge in [0, 0.05) is 5.69 Å². The van der Waals surface area contributed by atoms with E-state index in [1.165, 1.54) is 0 Å². The quantitative estimate of drug-likeness (QED) is 0.874. The molecule has 6 heteroatoms. The van der Waals surface area contributed by atoms with Crippen LogP contribution in [0.15, 0.2) is 42.5 Å². The summed E-state index contributed by atoms with van der Waals surface area (Å²) in [5.74, 6) is 0.104. The number of carbonyl (C=O) groups is 2. The minimum Gasteiger partial charge on any atom is -0.486 e. The highest BCUT2D eigenvalue weighted by Gasteiger charge is 2.16. The van der Waals surface area contributed by atoms with Crippen LogP contribution >= 0.6 is 0 Å². The molecule has 1 aliphatic rings. The van der Waals surface area contributed by atoms with Gasteiger partial charge in [-0.15, -0.1) is 0 Å². The van der Waals surface area contributed by atoms with E-state index in [1.807, 2.05) is 25.1 Å². The molecule has 0 radical (unpaired) electrons. The van der Waals surface area contributed by atoms with Gasteiger partial charge in [-0.05, 0) is 42.8 Å². The van der Waals surface area contributed by atoms with Gasteiger partial charge in [0.1, 0.15) is 13.2 Å². The zero-order chi connectivity index (χ0) is 16.9. The van der Waals surface area contributed by atoms with E-state index in [2.05, 4.69) is 5.32 Å². The Balaban J connectivity index is 1.56.